The molecule has 0 bridgehead atoms. The molecule has 190 valence electrons. The molecule has 5 nitrogen and oxygen atoms in total. The number of thioether (sulfide) groups is 1. The highest BCUT2D eigenvalue weighted by molar-refractivity contribution is 7.99. The molecule has 0 radical (unpaired) electrons. The Bertz CT molecular complexity index is 1320. The van der Waals surface area contributed by atoms with Crippen molar-refractivity contribution in [3.8, 4) is 5.75 Å². The molecule has 2 N–H and O–H groups in total. The maximum atomic E-state index is 13.5. The number of benzene rings is 3. The number of amides is 1. The summed E-state index contributed by atoms with van der Waals surface area (Å²) >= 11 is 1.54. The summed E-state index contributed by atoms with van der Waals surface area (Å²) in [6.07, 6.45) is 5.49. The van der Waals surface area contributed by atoms with Gasteiger partial charge in [-0.15, -0.1) is 11.8 Å². The van der Waals surface area contributed by atoms with Gasteiger partial charge in [0.05, 0.1) is 24.6 Å². The second kappa shape index (κ2) is 11.2. The number of ether oxygens (including phenoxy) is 1. The summed E-state index contributed by atoms with van der Waals surface area (Å²) < 4.78 is 18.7. The number of allylic oxidation sites excluding steroid dienone is 2. The summed E-state index contributed by atoms with van der Waals surface area (Å²) in [4.78, 5) is 12.3. The molecule has 1 heterocycles. The molecule has 0 saturated carbocycles. The standard InChI is InChI=1S/C30H30FN3O2S/c1-19(33-34-29(35)18-37-17-20-6-13-24(36-2)14-7-20)22-10-15-28-27(16-22)25-4-3-5-26(25)30(32-28)21-8-11-23(31)12-9-21/h3-4,6-16,25-26,30,32H,5,17-18H2,1-2H3,(H,34,35)/b33-19-/t25-,26+,30+/m1/s1. The van der Waals surface area contributed by atoms with Crippen LogP contribution in [0.5, 0.6) is 5.75 Å². The van der Waals surface area contributed by atoms with E-state index in [9.17, 15) is 9.18 Å². The molecule has 0 unspecified atom stereocenters. The Morgan fingerprint density at radius 3 is 2.68 bits per heavy atom. The van der Waals surface area contributed by atoms with Crippen LogP contribution in [0.1, 0.15) is 47.6 Å². The fourth-order valence-corrected chi connectivity index (χ4v) is 5.83. The van der Waals surface area contributed by atoms with Crippen LogP contribution in [-0.2, 0) is 10.5 Å². The molecule has 3 aromatic rings. The highest BCUT2D eigenvalue weighted by Gasteiger charge is 2.38. The van der Waals surface area contributed by atoms with Gasteiger partial charge in [0.2, 0.25) is 5.91 Å². The van der Waals surface area contributed by atoms with Crippen LogP contribution in [0, 0.1) is 11.7 Å². The molecule has 37 heavy (non-hydrogen) atoms. The van der Waals surface area contributed by atoms with E-state index in [0.29, 0.717) is 11.7 Å². The monoisotopic (exact) mass is 515 g/mol. The van der Waals surface area contributed by atoms with Crippen molar-refractivity contribution in [2.45, 2.75) is 31.1 Å². The highest BCUT2D eigenvalue weighted by atomic mass is 32.2. The van der Waals surface area contributed by atoms with Crippen molar-refractivity contribution in [2.75, 3.05) is 18.2 Å². The largest absolute Gasteiger partial charge is 0.497 e. The fraction of sp³-hybridized carbons (Fsp3) is 0.267. The molecule has 5 rings (SSSR count). The van der Waals surface area contributed by atoms with Gasteiger partial charge in [-0.1, -0.05) is 42.5 Å². The number of carbonyl (C=O) groups excluding carboxylic acids is 1. The number of anilines is 1. The SMILES string of the molecule is COc1ccc(CSCC(=O)N/N=C(/C)c2ccc3c(c2)[C@@H]2C=CC[C@@H]2[C@H](c2ccc(F)cc2)N3)cc1. The average molecular weight is 516 g/mol. The third-order valence-electron chi connectivity index (χ3n) is 7.02. The minimum atomic E-state index is -0.219. The number of fused-ring (bicyclic) bond motifs is 3. The Morgan fingerprint density at radius 2 is 1.92 bits per heavy atom. The molecule has 7 heteroatoms. The van der Waals surface area contributed by atoms with Crippen molar-refractivity contribution in [2.24, 2.45) is 11.0 Å². The molecule has 0 fully saturated rings. The Balaban J connectivity index is 1.22. The van der Waals surface area contributed by atoms with Crippen LogP contribution in [-0.4, -0.2) is 24.5 Å². The van der Waals surface area contributed by atoms with Crippen LogP contribution in [0.3, 0.4) is 0 Å². The number of nitrogens with zero attached hydrogens (tertiary/aromatic N) is 1. The zero-order valence-corrected chi connectivity index (χ0v) is 21.7. The number of carbonyl (C=O) groups is 1. The second-order valence-electron chi connectivity index (χ2n) is 9.40. The summed E-state index contributed by atoms with van der Waals surface area (Å²) in [5.74, 6) is 2.20. The first kappa shape index (κ1) is 25.1. The van der Waals surface area contributed by atoms with E-state index in [1.807, 2.05) is 49.4 Å². The first-order chi connectivity index (χ1) is 18.0. The van der Waals surface area contributed by atoms with E-state index in [-0.39, 0.29) is 23.7 Å². The Kier molecular flexibility index (Phi) is 7.60. The predicted octanol–water partition coefficient (Wildman–Crippen LogP) is 6.43. The molecule has 1 aliphatic carbocycles. The van der Waals surface area contributed by atoms with Crippen LogP contribution in [0.2, 0.25) is 0 Å². The van der Waals surface area contributed by atoms with Crippen LogP contribution in [0.15, 0.2) is 84.0 Å². The van der Waals surface area contributed by atoms with Crippen molar-refractivity contribution in [3.05, 3.63) is 107 Å². The second-order valence-corrected chi connectivity index (χ2v) is 10.4. The van der Waals surface area contributed by atoms with Gasteiger partial charge in [-0.25, -0.2) is 9.82 Å². The highest BCUT2D eigenvalue weighted by Crippen LogP contribution is 2.49. The summed E-state index contributed by atoms with van der Waals surface area (Å²) in [5.41, 5.74) is 8.98. The number of hydrogen-bond acceptors (Lipinski definition) is 5. The molecule has 3 atom stereocenters. The van der Waals surface area contributed by atoms with Gasteiger partial charge in [0.1, 0.15) is 11.6 Å². The third kappa shape index (κ3) is 5.72. The van der Waals surface area contributed by atoms with Crippen molar-refractivity contribution in [3.63, 3.8) is 0 Å². The number of hydrogen-bond donors (Lipinski definition) is 2. The number of methoxy groups -OCH3 is 1. The van der Waals surface area contributed by atoms with Crippen LogP contribution in [0.4, 0.5) is 10.1 Å². The normalized spacial score (nSPS) is 20.1. The van der Waals surface area contributed by atoms with Crippen molar-refractivity contribution in [1.29, 1.82) is 0 Å². The lowest BCUT2D eigenvalue weighted by Gasteiger charge is -2.37. The fourth-order valence-electron chi connectivity index (χ4n) is 5.05. The van der Waals surface area contributed by atoms with Crippen molar-refractivity contribution >= 4 is 29.1 Å². The molecule has 0 spiro atoms. The first-order valence-corrected chi connectivity index (χ1v) is 13.5. The maximum absolute atomic E-state index is 13.5. The van der Waals surface area contributed by atoms with Gasteiger partial charge in [-0.3, -0.25) is 4.79 Å². The lowest BCUT2D eigenvalue weighted by Crippen LogP contribution is -2.29. The number of nitrogens with one attached hydrogen (secondary N) is 2. The minimum Gasteiger partial charge on any atom is -0.497 e. The zero-order valence-electron chi connectivity index (χ0n) is 20.9. The molecule has 1 amide bonds. The lowest BCUT2D eigenvalue weighted by atomic mass is 9.76. The number of hydrazone groups is 1. The molecule has 0 saturated heterocycles. The van der Waals surface area contributed by atoms with Crippen molar-refractivity contribution < 1.29 is 13.9 Å². The number of rotatable bonds is 8. The lowest BCUT2D eigenvalue weighted by molar-refractivity contribution is -0.118. The molecular formula is C30H30FN3O2S. The molecular weight excluding hydrogens is 485 g/mol. The van der Waals surface area contributed by atoms with Gasteiger partial charge in [0.25, 0.3) is 0 Å². The van der Waals surface area contributed by atoms with E-state index in [1.165, 1.54) is 17.7 Å². The Hall–Kier alpha value is -3.58. The van der Waals surface area contributed by atoms with E-state index >= 15 is 0 Å². The van der Waals surface area contributed by atoms with E-state index < -0.39 is 0 Å². The van der Waals surface area contributed by atoms with E-state index in [0.717, 1.165) is 46.0 Å². The summed E-state index contributed by atoms with van der Waals surface area (Å²) in [6, 6.07) is 21.0. The van der Waals surface area contributed by atoms with Gasteiger partial charge in [-0.2, -0.15) is 5.10 Å². The molecule has 1 aliphatic heterocycles. The number of halogens is 1. The molecule has 2 aliphatic rings. The first-order valence-electron chi connectivity index (χ1n) is 12.4. The van der Waals surface area contributed by atoms with Gasteiger partial charge in [0.15, 0.2) is 0 Å². The quantitative estimate of drug-likeness (QED) is 0.206. The van der Waals surface area contributed by atoms with Gasteiger partial charge >= 0.3 is 0 Å². The molecule has 3 aromatic carbocycles. The topological polar surface area (TPSA) is 62.7 Å². The maximum Gasteiger partial charge on any atom is 0.250 e. The summed E-state index contributed by atoms with van der Waals surface area (Å²) in [7, 11) is 1.64. The van der Waals surface area contributed by atoms with Crippen LogP contribution >= 0.6 is 11.8 Å². The van der Waals surface area contributed by atoms with Crippen LogP contribution < -0.4 is 15.5 Å². The van der Waals surface area contributed by atoms with E-state index in [2.05, 4.69) is 40.1 Å². The average Bonchev–Trinajstić information content (AvgIpc) is 3.42. The molecule has 0 aromatic heterocycles. The minimum absolute atomic E-state index is 0.126. The zero-order chi connectivity index (χ0) is 25.8. The summed E-state index contributed by atoms with van der Waals surface area (Å²) in [5, 5.41) is 8.04. The van der Waals surface area contributed by atoms with Gasteiger partial charge < -0.3 is 10.1 Å². The van der Waals surface area contributed by atoms with Crippen molar-refractivity contribution in [1.82, 2.24) is 5.43 Å². The Morgan fingerprint density at radius 1 is 1.14 bits per heavy atom. The van der Waals surface area contributed by atoms with Crippen LogP contribution in [0.25, 0.3) is 0 Å². The predicted molar refractivity (Wildman–Crippen MR) is 149 cm³/mol. The van der Waals surface area contributed by atoms with Gasteiger partial charge in [0, 0.05) is 17.4 Å². The Labute approximate surface area is 221 Å². The van der Waals surface area contributed by atoms with E-state index in [4.69, 9.17) is 4.74 Å². The summed E-state index contributed by atoms with van der Waals surface area (Å²) in [6.45, 7) is 1.91. The third-order valence-corrected chi connectivity index (χ3v) is 8.02. The van der Waals surface area contributed by atoms with E-state index in [1.54, 1.807) is 18.9 Å². The smallest absolute Gasteiger partial charge is 0.250 e. The van der Waals surface area contributed by atoms with Gasteiger partial charge in [-0.05, 0) is 77.9 Å².